The first-order valence-electron chi connectivity index (χ1n) is 6.12. The van der Waals surface area contributed by atoms with Crippen LogP contribution in [0.5, 0.6) is 0 Å². The minimum absolute atomic E-state index is 0.0311. The van der Waals surface area contributed by atoms with Crippen LogP contribution in [0.3, 0.4) is 0 Å². The molecule has 0 aliphatic carbocycles. The number of sulfone groups is 1. The van der Waals surface area contributed by atoms with Crippen LogP contribution < -0.4 is 5.73 Å². The first kappa shape index (κ1) is 13.8. The van der Waals surface area contributed by atoms with E-state index in [2.05, 4.69) is 10.1 Å². The highest BCUT2D eigenvalue weighted by atomic mass is 32.2. The van der Waals surface area contributed by atoms with Gasteiger partial charge in [0.2, 0.25) is 0 Å². The van der Waals surface area contributed by atoms with E-state index in [0.29, 0.717) is 11.0 Å². The van der Waals surface area contributed by atoms with Crippen molar-refractivity contribution in [2.75, 3.05) is 5.73 Å². The highest BCUT2D eigenvalue weighted by molar-refractivity contribution is 7.92. The molecule has 2 rings (SSSR count). The predicted molar refractivity (Wildman–Crippen MR) is 74.6 cm³/mol. The SMILES string of the molecule is CC(C)n1ncc2cc(S(=O)(=O)C(C)C)c(N)nc21. The molecule has 0 fully saturated rings. The lowest BCUT2D eigenvalue weighted by molar-refractivity contribution is 0.546. The van der Waals surface area contributed by atoms with Crippen LogP contribution in [-0.2, 0) is 9.84 Å². The molecule has 0 aromatic carbocycles. The van der Waals surface area contributed by atoms with E-state index in [4.69, 9.17) is 5.73 Å². The smallest absolute Gasteiger partial charge is 0.184 e. The Morgan fingerprint density at radius 1 is 1.26 bits per heavy atom. The number of pyridine rings is 1. The number of aromatic nitrogens is 3. The second-order valence-electron chi connectivity index (χ2n) is 5.06. The molecule has 0 bridgehead atoms. The van der Waals surface area contributed by atoms with Crippen molar-refractivity contribution in [2.45, 2.75) is 43.9 Å². The van der Waals surface area contributed by atoms with Crippen molar-refractivity contribution in [3.05, 3.63) is 12.3 Å². The summed E-state index contributed by atoms with van der Waals surface area (Å²) in [5.74, 6) is 0.0311. The quantitative estimate of drug-likeness (QED) is 0.926. The van der Waals surface area contributed by atoms with Crippen LogP contribution in [0.2, 0.25) is 0 Å². The van der Waals surface area contributed by atoms with Crippen LogP contribution in [0, 0.1) is 0 Å². The highest BCUT2D eigenvalue weighted by Crippen LogP contribution is 2.26. The topological polar surface area (TPSA) is 90.9 Å². The number of hydrogen-bond donors (Lipinski definition) is 1. The van der Waals surface area contributed by atoms with Gasteiger partial charge < -0.3 is 5.73 Å². The summed E-state index contributed by atoms with van der Waals surface area (Å²) in [6.45, 7) is 7.19. The molecule has 0 aliphatic rings. The Hall–Kier alpha value is -1.63. The first-order valence-corrected chi connectivity index (χ1v) is 7.67. The molecule has 2 N–H and O–H groups in total. The standard InChI is InChI=1S/C12H18N4O2S/c1-7(2)16-12-9(6-14-16)5-10(11(13)15-12)19(17,18)8(3)4/h5-8H,1-4H3,(H2,13,15). The van der Waals surface area contributed by atoms with E-state index in [1.165, 1.54) is 0 Å². The first-order chi connectivity index (χ1) is 8.75. The Morgan fingerprint density at radius 3 is 2.42 bits per heavy atom. The predicted octanol–water partition coefficient (Wildman–Crippen LogP) is 1.78. The largest absolute Gasteiger partial charge is 0.383 e. The Balaban J connectivity index is 2.72. The summed E-state index contributed by atoms with van der Waals surface area (Å²) < 4.78 is 26.1. The molecule has 2 aromatic rings. The van der Waals surface area contributed by atoms with Gasteiger partial charge >= 0.3 is 0 Å². The van der Waals surface area contributed by atoms with Gasteiger partial charge in [0.05, 0.1) is 11.4 Å². The molecule has 0 radical (unpaired) electrons. The lowest BCUT2D eigenvalue weighted by Gasteiger charge is -2.11. The lowest BCUT2D eigenvalue weighted by Crippen LogP contribution is -2.16. The summed E-state index contributed by atoms with van der Waals surface area (Å²) in [6, 6.07) is 1.69. The Morgan fingerprint density at radius 2 is 1.89 bits per heavy atom. The molecule has 2 heterocycles. The molecule has 0 atom stereocenters. The molecule has 0 spiro atoms. The van der Waals surface area contributed by atoms with Crippen molar-refractivity contribution < 1.29 is 8.42 Å². The molecule has 0 aliphatic heterocycles. The number of hydrogen-bond acceptors (Lipinski definition) is 5. The molecule has 0 saturated carbocycles. The number of nitrogen functional groups attached to an aromatic ring is 1. The molecular weight excluding hydrogens is 264 g/mol. The number of anilines is 1. The number of nitrogens with two attached hydrogens (primary N) is 1. The van der Waals surface area contributed by atoms with Gasteiger partial charge in [0.25, 0.3) is 0 Å². The fourth-order valence-electron chi connectivity index (χ4n) is 1.83. The third kappa shape index (κ3) is 2.18. The van der Waals surface area contributed by atoms with Crippen LogP contribution in [0.25, 0.3) is 11.0 Å². The normalized spacial score (nSPS) is 12.7. The van der Waals surface area contributed by atoms with E-state index in [1.807, 2.05) is 13.8 Å². The highest BCUT2D eigenvalue weighted by Gasteiger charge is 2.24. The average molecular weight is 282 g/mol. The van der Waals surface area contributed by atoms with Gasteiger partial charge in [0.15, 0.2) is 15.5 Å². The van der Waals surface area contributed by atoms with Gasteiger partial charge in [-0.3, -0.25) is 0 Å². The number of nitrogens with zero attached hydrogens (tertiary/aromatic N) is 3. The molecule has 0 amide bonds. The zero-order valence-corrected chi connectivity index (χ0v) is 12.3. The third-order valence-electron chi connectivity index (χ3n) is 2.98. The van der Waals surface area contributed by atoms with Crippen LogP contribution in [0.15, 0.2) is 17.2 Å². The number of rotatable bonds is 3. The van der Waals surface area contributed by atoms with Crippen molar-refractivity contribution in [2.24, 2.45) is 0 Å². The van der Waals surface area contributed by atoms with Gasteiger partial charge in [0.1, 0.15) is 10.7 Å². The van der Waals surface area contributed by atoms with Gasteiger partial charge in [-0.2, -0.15) is 5.10 Å². The van der Waals surface area contributed by atoms with Crippen LogP contribution >= 0.6 is 0 Å². The van der Waals surface area contributed by atoms with Crippen LogP contribution in [-0.4, -0.2) is 28.4 Å². The van der Waals surface area contributed by atoms with Crippen molar-refractivity contribution in [1.82, 2.24) is 14.8 Å². The van der Waals surface area contributed by atoms with E-state index in [-0.39, 0.29) is 16.8 Å². The van der Waals surface area contributed by atoms with E-state index < -0.39 is 15.1 Å². The monoisotopic (exact) mass is 282 g/mol. The van der Waals surface area contributed by atoms with E-state index >= 15 is 0 Å². The third-order valence-corrected chi connectivity index (χ3v) is 5.16. The van der Waals surface area contributed by atoms with Gasteiger partial charge in [-0.25, -0.2) is 18.1 Å². The molecule has 2 aromatic heterocycles. The Bertz CT molecular complexity index is 717. The minimum atomic E-state index is -3.43. The fraction of sp³-hybridized carbons (Fsp3) is 0.500. The Kier molecular flexibility index (Phi) is 3.25. The lowest BCUT2D eigenvalue weighted by atomic mass is 10.3. The summed E-state index contributed by atoms with van der Waals surface area (Å²) >= 11 is 0. The molecule has 0 saturated heterocycles. The van der Waals surface area contributed by atoms with Gasteiger partial charge in [-0.1, -0.05) is 0 Å². The zero-order chi connectivity index (χ0) is 14.4. The van der Waals surface area contributed by atoms with Crippen molar-refractivity contribution in [3.8, 4) is 0 Å². The summed E-state index contributed by atoms with van der Waals surface area (Å²) in [5.41, 5.74) is 6.41. The van der Waals surface area contributed by atoms with Crippen LogP contribution in [0.1, 0.15) is 33.7 Å². The Labute approximate surface area is 112 Å². The van der Waals surface area contributed by atoms with E-state index in [1.54, 1.807) is 30.8 Å². The zero-order valence-electron chi connectivity index (χ0n) is 11.5. The van der Waals surface area contributed by atoms with Gasteiger partial charge in [0, 0.05) is 11.4 Å². The number of fused-ring (bicyclic) bond motifs is 1. The maximum absolute atomic E-state index is 12.2. The maximum atomic E-state index is 12.2. The molecule has 6 nitrogen and oxygen atoms in total. The second-order valence-corrected chi connectivity index (χ2v) is 7.53. The minimum Gasteiger partial charge on any atom is -0.383 e. The molecule has 0 unspecified atom stereocenters. The maximum Gasteiger partial charge on any atom is 0.184 e. The summed E-state index contributed by atoms with van der Waals surface area (Å²) in [7, 11) is -3.43. The summed E-state index contributed by atoms with van der Waals surface area (Å²) in [5, 5.41) is 4.36. The average Bonchev–Trinajstić information content (AvgIpc) is 2.70. The van der Waals surface area contributed by atoms with Crippen molar-refractivity contribution in [3.63, 3.8) is 0 Å². The van der Waals surface area contributed by atoms with Crippen LogP contribution in [0.4, 0.5) is 5.82 Å². The van der Waals surface area contributed by atoms with Gasteiger partial charge in [-0.05, 0) is 33.8 Å². The molecule has 7 heteroatoms. The molecular formula is C12H18N4O2S. The van der Waals surface area contributed by atoms with E-state index in [9.17, 15) is 8.42 Å². The summed E-state index contributed by atoms with van der Waals surface area (Å²) in [6.07, 6.45) is 1.61. The van der Waals surface area contributed by atoms with Crippen molar-refractivity contribution in [1.29, 1.82) is 0 Å². The van der Waals surface area contributed by atoms with Crippen molar-refractivity contribution >= 4 is 26.7 Å². The second kappa shape index (κ2) is 4.48. The van der Waals surface area contributed by atoms with Gasteiger partial charge in [-0.15, -0.1) is 0 Å². The fourth-order valence-corrected chi connectivity index (χ4v) is 2.97. The van der Waals surface area contributed by atoms with E-state index in [0.717, 1.165) is 0 Å². The summed E-state index contributed by atoms with van der Waals surface area (Å²) in [4.78, 5) is 4.29. The molecule has 104 valence electrons. The molecule has 19 heavy (non-hydrogen) atoms.